The highest BCUT2D eigenvalue weighted by Gasteiger charge is 2.36. The van der Waals surface area contributed by atoms with Crippen LogP contribution in [0.2, 0.25) is 0 Å². The van der Waals surface area contributed by atoms with E-state index in [0.717, 1.165) is 12.0 Å². The van der Waals surface area contributed by atoms with Crippen LogP contribution in [0, 0.1) is 12.7 Å². The topological polar surface area (TPSA) is 55.5 Å². The summed E-state index contributed by atoms with van der Waals surface area (Å²) in [4.78, 5) is 0. The molecule has 1 saturated carbocycles. The molecule has 0 amide bonds. The zero-order chi connectivity index (χ0) is 12.5. The van der Waals surface area contributed by atoms with Gasteiger partial charge in [0.1, 0.15) is 6.10 Å². The summed E-state index contributed by atoms with van der Waals surface area (Å²) >= 11 is 0. The normalized spacial score (nSPS) is 28.4. The second-order valence-corrected chi connectivity index (χ2v) is 4.94. The van der Waals surface area contributed by atoms with E-state index in [9.17, 15) is 4.39 Å². The van der Waals surface area contributed by atoms with Gasteiger partial charge in [0, 0.05) is 12.0 Å². The summed E-state index contributed by atoms with van der Waals surface area (Å²) in [6.45, 7) is 1.84. The van der Waals surface area contributed by atoms with Gasteiger partial charge in [-0.25, -0.2) is 4.39 Å². The van der Waals surface area contributed by atoms with Crippen LogP contribution < -0.4 is 10.5 Å². The van der Waals surface area contributed by atoms with Crippen molar-refractivity contribution < 1.29 is 14.2 Å². The number of nitrogens with two attached hydrogens (primary N) is 1. The van der Waals surface area contributed by atoms with Gasteiger partial charge in [-0.2, -0.15) is 0 Å². The smallest absolute Gasteiger partial charge is 0.165 e. The van der Waals surface area contributed by atoms with Gasteiger partial charge in [0.15, 0.2) is 11.6 Å². The highest BCUT2D eigenvalue weighted by molar-refractivity contribution is 5.29. The molecule has 4 heteroatoms. The Hall–Kier alpha value is -1.13. The minimum absolute atomic E-state index is 0.0524. The number of aliphatic hydroxyl groups excluding tert-OH is 1. The van der Waals surface area contributed by atoms with E-state index in [1.54, 1.807) is 12.1 Å². The molecular formula is C13H18FNO2. The molecular weight excluding hydrogens is 221 g/mol. The molecule has 0 aromatic heterocycles. The standard InChI is InChI=1S/C13H18FNO2/c1-9-2-3-11(14)12(6-9)17-10-4-5-13(15,7-10)8-16/h2-3,6,10,16H,4-5,7-8,15H2,1H3. The summed E-state index contributed by atoms with van der Waals surface area (Å²) in [5.74, 6) is -0.0775. The SMILES string of the molecule is Cc1ccc(F)c(OC2CCC(N)(CO)C2)c1. The van der Waals surface area contributed by atoms with E-state index < -0.39 is 5.54 Å². The Bertz CT molecular complexity index is 410. The molecule has 3 N–H and O–H groups in total. The summed E-state index contributed by atoms with van der Waals surface area (Å²) in [5.41, 5.74) is 6.34. The molecule has 2 rings (SSSR count). The van der Waals surface area contributed by atoms with E-state index in [2.05, 4.69) is 0 Å². The van der Waals surface area contributed by atoms with Crippen molar-refractivity contribution in [3.8, 4) is 5.75 Å². The highest BCUT2D eigenvalue weighted by Crippen LogP contribution is 2.31. The second-order valence-electron chi connectivity index (χ2n) is 4.94. The first-order valence-electron chi connectivity index (χ1n) is 5.85. The predicted molar refractivity (Wildman–Crippen MR) is 63.4 cm³/mol. The average Bonchev–Trinajstić information content (AvgIpc) is 2.67. The molecule has 1 fully saturated rings. The lowest BCUT2D eigenvalue weighted by atomic mass is 10.0. The third-order valence-corrected chi connectivity index (χ3v) is 3.29. The van der Waals surface area contributed by atoms with E-state index in [4.69, 9.17) is 15.6 Å². The Balaban J connectivity index is 2.05. The monoisotopic (exact) mass is 239 g/mol. The van der Waals surface area contributed by atoms with Crippen molar-refractivity contribution in [2.45, 2.75) is 37.8 Å². The number of rotatable bonds is 3. The van der Waals surface area contributed by atoms with Crippen molar-refractivity contribution in [2.75, 3.05) is 6.61 Å². The van der Waals surface area contributed by atoms with Gasteiger partial charge in [-0.3, -0.25) is 0 Å². The molecule has 17 heavy (non-hydrogen) atoms. The Labute approximate surface area is 100 Å². The molecule has 2 atom stereocenters. The minimum Gasteiger partial charge on any atom is -0.487 e. The third kappa shape index (κ3) is 2.76. The van der Waals surface area contributed by atoms with Gasteiger partial charge in [0.2, 0.25) is 0 Å². The van der Waals surface area contributed by atoms with E-state index >= 15 is 0 Å². The molecule has 0 saturated heterocycles. The van der Waals surface area contributed by atoms with E-state index in [1.165, 1.54) is 6.07 Å². The van der Waals surface area contributed by atoms with Crippen LogP contribution in [0.5, 0.6) is 5.75 Å². The number of aliphatic hydroxyl groups is 1. The fraction of sp³-hybridized carbons (Fsp3) is 0.538. The minimum atomic E-state index is -0.565. The zero-order valence-corrected chi connectivity index (χ0v) is 9.95. The number of hydrogen-bond acceptors (Lipinski definition) is 3. The van der Waals surface area contributed by atoms with Gasteiger partial charge in [0.25, 0.3) is 0 Å². The Morgan fingerprint density at radius 2 is 2.35 bits per heavy atom. The number of ether oxygens (including phenoxy) is 1. The zero-order valence-electron chi connectivity index (χ0n) is 9.95. The summed E-state index contributed by atoms with van der Waals surface area (Å²) in [6, 6.07) is 4.80. The summed E-state index contributed by atoms with van der Waals surface area (Å²) in [6.07, 6.45) is 1.92. The van der Waals surface area contributed by atoms with Gasteiger partial charge >= 0.3 is 0 Å². The molecule has 0 radical (unpaired) electrons. The van der Waals surface area contributed by atoms with Crippen LogP contribution in [-0.4, -0.2) is 23.4 Å². The first-order valence-corrected chi connectivity index (χ1v) is 5.85. The number of hydrogen-bond donors (Lipinski definition) is 2. The first kappa shape index (κ1) is 12.3. The maximum absolute atomic E-state index is 13.5. The van der Waals surface area contributed by atoms with Crippen LogP contribution in [0.25, 0.3) is 0 Å². The summed E-state index contributed by atoms with van der Waals surface area (Å²) in [5, 5.41) is 9.15. The van der Waals surface area contributed by atoms with E-state index in [0.29, 0.717) is 12.8 Å². The molecule has 2 unspecified atom stereocenters. The molecule has 94 valence electrons. The molecule has 0 bridgehead atoms. The van der Waals surface area contributed by atoms with Crippen LogP contribution in [0.3, 0.4) is 0 Å². The van der Waals surface area contributed by atoms with Gasteiger partial charge in [-0.15, -0.1) is 0 Å². The predicted octanol–water partition coefficient (Wildman–Crippen LogP) is 1.76. The number of benzene rings is 1. The molecule has 0 aliphatic heterocycles. The fourth-order valence-corrected chi connectivity index (χ4v) is 2.23. The van der Waals surface area contributed by atoms with Crippen molar-refractivity contribution in [3.63, 3.8) is 0 Å². The Morgan fingerprint density at radius 3 is 3.00 bits per heavy atom. The van der Waals surface area contributed by atoms with Gasteiger partial charge < -0.3 is 15.6 Å². The fourth-order valence-electron chi connectivity index (χ4n) is 2.23. The summed E-state index contributed by atoms with van der Waals surface area (Å²) < 4.78 is 19.1. The van der Waals surface area contributed by atoms with Crippen LogP contribution in [-0.2, 0) is 0 Å². The number of halogens is 1. The molecule has 3 nitrogen and oxygen atoms in total. The van der Waals surface area contributed by atoms with Gasteiger partial charge in [-0.05, 0) is 37.5 Å². The van der Waals surface area contributed by atoms with Gasteiger partial charge in [-0.1, -0.05) is 6.07 Å². The second kappa shape index (κ2) is 4.63. The van der Waals surface area contributed by atoms with Crippen LogP contribution in [0.4, 0.5) is 4.39 Å². The van der Waals surface area contributed by atoms with E-state index in [-0.39, 0.29) is 24.3 Å². The Kier molecular flexibility index (Phi) is 3.35. The van der Waals surface area contributed by atoms with Crippen LogP contribution in [0.1, 0.15) is 24.8 Å². The van der Waals surface area contributed by atoms with Crippen molar-refractivity contribution in [2.24, 2.45) is 5.73 Å². The van der Waals surface area contributed by atoms with Crippen molar-refractivity contribution in [1.29, 1.82) is 0 Å². The molecule has 0 spiro atoms. The highest BCUT2D eigenvalue weighted by atomic mass is 19.1. The molecule has 1 aliphatic rings. The van der Waals surface area contributed by atoms with Crippen LogP contribution in [0.15, 0.2) is 18.2 Å². The lowest BCUT2D eigenvalue weighted by molar-refractivity contribution is 0.162. The van der Waals surface area contributed by atoms with Crippen LogP contribution >= 0.6 is 0 Å². The summed E-state index contributed by atoms with van der Waals surface area (Å²) in [7, 11) is 0. The maximum atomic E-state index is 13.5. The van der Waals surface area contributed by atoms with Crippen molar-refractivity contribution in [3.05, 3.63) is 29.6 Å². The van der Waals surface area contributed by atoms with Crippen molar-refractivity contribution >= 4 is 0 Å². The molecule has 1 aromatic rings. The average molecular weight is 239 g/mol. The third-order valence-electron chi connectivity index (χ3n) is 3.29. The lowest BCUT2D eigenvalue weighted by Crippen LogP contribution is -2.41. The molecule has 0 heterocycles. The maximum Gasteiger partial charge on any atom is 0.165 e. The van der Waals surface area contributed by atoms with Gasteiger partial charge in [0.05, 0.1) is 6.61 Å². The lowest BCUT2D eigenvalue weighted by Gasteiger charge is -2.21. The van der Waals surface area contributed by atoms with E-state index in [1.807, 2.05) is 6.92 Å². The molecule has 1 aliphatic carbocycles. The number of aryl methyl sites for hydroxylation is 1. The Morgan fingerprint density at radius 1 is 1.59 bits per heavy atom. The largest absolute Gasteiger partial charge is 0.487 e. The van der Waals surface area contributed by atoms with Crippen molar-refractivity contribution in [1.82, 2.24) is 0 Å². The quantitative estimate of drug-likeness (QED) is 0.845. The first-order chi connectivity index (χ1) is 8.02. The molecule has 1 aromatic carbocycles.